The smallest absolute Gasteiger partial charge is 0.328 e. The lowest BCUT2D eigenvalue weighted by molar-refractivity contribution is -0.157. The molecule has 25 heavy (non-hydrogen) atoms. The molecule has 0 bridgehead atoms. The van der Waals surface area contributed by atoms with Crippen molar-refractivity contribution in [3.8, 4) is 0 Å². The first-order chi connectivity index (χ1) is 12.1. The zero-order chi connectivity index (χ0) is 17.8. The highest BCUT2D eigenvalue weighted by atomic mass is 16.5. The predicted molar refractivity (Wildman–Crippen MR) is 96.1 cm³/mol. The summed E-state index contributed by atoms with van der Waals surface area (Å²) in [6.07, 6.45) is 4.75. The Morgan fingerprint density at radius 2 is 2.04 bits per heavy atom. The lowest BCUT2D eigenvalue weighted by Crippen LogP contribution is -2.51. The van der Waals surface area contributed by atoms with Gasteiger partial charge in [0, 0.05) is 12.6 Å². The molecule has 1 aromatic rings. The molecule has 1 saturated heterocycles. The predicted octanol–water partition coefficient (Wildman–Crippen LogP) is 2.55. The van der Waals surface area contributed by atoms with Crippen LogP contribution in [0.1, 0.15) is 49.8 Å². The Balaban J connectivity index is 1.65. The molecule has 5 heteroatoms. The maximum atomic E-state index is 12.9. The fourth-order valence-corrected chi connectivity index (χ4v) is 4.12. The van der Waals surface area contributed by atoms with Crippen molar-refractivity contribution >= 4 is 11.9 Å². The van der Waals surface area contributed by atoms with Crippen LogP contribution in [0, 0.1) is 0 Å². The van der Waals surface area contributed by atoms with E-state index in [0.29, 0.717) is 26.1 Å². The third kappa shape index (κ3) is 3.87. The quantitative estimate of drug-likeness (QED) is 0.770. The number of amides is 1. The van der Waals surface area contributed by atoms with E-state index in [4.69, 9.17) is 4.74 Å². The second-order valence-corrected chi connectivity index (χ2v) is 7.02. The summed E-state index contributed by atoms with van der Waals surface area (Å²) in [6, 6.07) is 8.34. The average Bonchev–Trinajstić information content (AvgIpc) is 3.06. The molecule has 5 nitrogen and oxygen atoms in total. The van der Waals surface area contributed by atoms with Crippen molar-refractivity contribution in [2.45, 2.75) is 51.1 Å². The van der Waals surface area contributed by atoms with Gasteiger partial charge in [-0.3, -0.25) is 9.69 Å². The standard InChI is InChI=1S/C20H28N2O3/c1-3-25-20(24)18-10-6-7-13-22(18)19(23)14-21(2)17-12-11-15-8-4-5-9-16(15)17/h4-5,8-9,17-18H,3,6-7,10-14H2,1-2H3. The van der Waals surface area contributed by atoms with Gasteiger partial charge in [-0.05, 0) is 57.2 Å². The highest BCUT2D eigenvalue weighted by molar-refractivity contribution is 5.85. The third-order valence-electron chi connectivity index (χ3n) is 5.40. The second-order valence-electron chi connectivity index (χ2n) is 7.02. The average molecular weight is 344 g/mol. The molecular formula is C20H28N2O3. The Kier molecular flexibility index (Phi) is 5.74. The number of rotatable bonds is 5. The van der Waals surface area contributed by atoms with Gasteiger partial charge in [0.1, 0.15) is 6.04 Å². The van der Waals surface area contributed by atoms with Crippen LogP contribution in [0.2, 0.25) is 0 Å². The van der Waals surface area contributed by atoms with Crippen LogP contribution in [0.15, 0.2) is 24.3 Å². The summed E-state index contributed by atoms with van der Waals surface area (Å²) >= 11 is 0. The molecule has 136 valence electrons. The van der Waals surface area contributed by atoms with Gasteiger partial charge in [-0.15, -0.1) is 0 Å². The summed E-state index contributed by atoms with van der Waals surface area (Å²) in [5.41, 5.74) is 2.72. The summed E-state index contributed by atoms with van der Waals surface area (Å²) in [5, 5.41) is 0. The SMILES string of the molecule is CCOC(=O)C1CCCCN1C(=O)CN(C)C1CCc2ccccc21. The van der Waals surface area contributed by atoms with E-state index < -0.39 is 6.04 Å². The number of hydrogen-bond acceptors (Lipinski definition) is 4. The van der Waals surface area contributed by atoms with E-state index in [1.165, 1.54) is 11.1 Å². The monoisotopic (exact) mass is 344 g/mol. The molecule has 2 aliphatic rings. The highest BCUT2D eigenvalue weighted by Gasteiger charge is 2.34. The molecule has 1 fully saturated rings. The first-order valence-corrected chi connectivity index (χ1v) is 9.36. The number of carbonyl (C=O) groups excluding carboxylic acids is 2. The van der Waals surface area contributed by atoms with Gasteiger partial charge in [0.05, 0.1) is 13.2 Å². The Bertz CT molecular complexity index is 631. The molecule has 0 N–H and O–H groups in total. The number of fused-ring (bicyclic) bond motifs is 1. The van der Waals surface area contributed by atoms with E-state index in [1.54, 1.807) is 11.8 Å². The van der Waals surface area contributed by atoms with Gasteiger partial charge in [0.2, 0.25) is 5.91 Å². The molecule has 1 aliphatic heterocycles. The maximum absolute atomic E-state index is 12.9. The van der Waals surface area contributed by atoms with Crippen molar-refractivity contribution in [2.24, 2.45) is 0 Å². The number of hydrogen-bond donors (Lipinski definition) is 0. The fourth-order valence-electron chi connectivity index (χ4n) is 4.12. The van der Waals surface area contributed by atoms with E-state index in [0.717, 1.165) is 25.7 Å². The van der Waals surface area contributed by atoms with Crippen LogP contribution in [0.3, 0.4) is 0 Å². The number of aryl methyl sites for hydroxylation is 1. The van der Waals surface area contributed by atoms with Gasteiger partial charge in [-0.1, -0.05) is 24.3 Å². The second kappa shape index (κ2) is 8.00. The molecule has 0 aromatic heterocycles. The minimum Gasteiger partial charge on any atom is -0.464 e. The fraction of sp³-hybridized carbons (Fsp3) is 0.600. The molecule has 2 atom stereocenters. The van der Waals surface area contributed by atoms with Crippen LogP contribution in [0.5, 0.6) is 0 Å². The number of nitrogens with zero attached hydrogens (tertiary/aromatic N) is 2. The minimum atomic E-state index is -0.412. The van der Waals surface area contributed by atoms with Gasteiger partial charge >= 0.3 is 5.97 Å². The van der Waals surface area contributed by atoms with E-state index in [1.807, 2.05) is 7.05 Å². The van der Waals surface area contributed by atoms with Crippen molar-refractivity contribution in [2.75, 3.05) is 26.7 Å². The lowest BCUT2D eigenvalue weighted by atomic mass is 10.0. The Labute approximate surface area is 149 Å². The van der Waals surface area contributed by atoms with Crippen molar-refractivity contribution in [3.63, 3.8) is 0 Å². The molecule has 0 spiro atoms. The summed E-state index contributed by atoms with van der Waals surface area (Å²) in [7, 11) is 2.01. The number of carbonyl (C=O) groups is 2. The first kappa shape index (κ1) is 17.9. The van der Waals surface area contributed by atoms with Crippen LogP contribution in [-0.2, 0) is 20.7 Å². The van der Waals surface area contributed by atoms with Crippen LogP contribution in [0.25, 0.3) is 0 Å². The molecule has 0 radical (unpaired) electrons. The highest BCUT2D eigenvalue weighted by Crippen LogP contribution is 2.34. The molecule has 2 unspecified atom stereocenters. The minimum absolute atomic E-state index is 0.0321. The molecular weight excluding hydrogens is 316 g/mol. The topological polar surface area (TPSA) is 49.9 Å². The number of likely N-dealkylation sites (tertiary alicyclic amines) is 1. The zero-order valence-electron chi connectivity index (χ0n) is 15.2. The van der Waals surface area contributed by atoms with Crippen molar-refractivity contribution in [3.05, 3.63) is 35.4 Å². The molecule has 1 amide bonds. The lowest BCUT2D eigenvalue weighted by Gasteiger charge is -2.36. The largest absolute Gasteiger partial charge is 0.464 e. The maximum Gasteiger partial charge on any atom is 0.328 e. The van der Waals surface area contributed by atoms with Gasteiger partial charge in [-0.25, -0.2) is 4.79 Å². The number of esters is 1. The van der Waals surface area contributed by atoms with E-state index >= 15 is 0 Å². The van der Waals surface area contributed by atoms with E-state index in [2.05, 4.69) is 29.2 Å². The van der Waals surface area contributed by atoms with Crippen molar-refractivity contribution in [1.82, 2.24) is 9.80 Å². The third-order valence-corrected chi connectivity index (χ3v) is 5.40. The van der Waals surface area contributed by atoms with E-state index in [-0.39, 0.29) is 17.9 Å². The first-order valence-electron chi connectivity index (χ1n) is 9.36. The summed E-state index contributed by atoms with van der Waals surface area (Å²) in [4.78, 5) is 28.9. The Hall–Kier alpha value is -1.88. The van der Waals surface area contributed by atoms with E-state index in [9.17, 15) is 9.59 Å². The Morgan fingerprint density at radius 3 is 2.84 bits per heavy atom. The number of likely N-dealkylation sites (N-methyl/N-ethyl adjacent to an activating group) is 1. The number of piperidine rings is 1. The number of ether oxygens (including phenoxy) is 1. The molecule has 0 saturated carbocycles. The normalized spacial score (nSPS) is 22.8. The molecule has 1 heterocycles. The van der Waals surface area contributed by atoms with Gasteiger partial charge in [0.25, 0.3) is 0 Å². The number of benzene rings is 1. The van der Waals surface area contributed by atoms with Gasteiger partial charge < -0.3 is 9.64 Å². The summed E-state index contributed by atoms with van der Waals surface area (Å²) in [6.45, 7) is 3.15. The van der Waals surface area contributed by atoms with Crippen LogP contribution in [-0.4, -0.2) is 54.5 Å². The molecule has 1 aliphatic carbocycles. The Morgan fingerprint density at radius 1 is 1.24 bits per heavy atom. The van der Waals surface area contributed by atoms with Crippen LogP contribution in [0.4, 0.5) is 0 Å². The zero-order valence-corrected chi connectivity index (χ0v) is 15.2. The summed E-state index contributed by atoms with van der Waals surface area (Å²) < 4.78 is 5.17. The van der Waals surface area contributed by atoms with Crippen LogP contribution < -0.4 is 0 Å². The van der Waals surface area contributed by atoms with Gasteiger partial charge in [0.15, 0.2) is 0 Å². The van der Waals surface area contributed by atoms with Gasteiger partial charge in [-0.2, -0.15) is 0 Å². The van der Waals surface area contributed by atoms with Crippen molar-refractivity contribution in [1.29, 1.82) is 0 Å². The molecule has 1 aromatic carbocycles. The molecule has 3 rings (SSSR count). The summed E-state index contributed by atoms with van der Waals surface area (Å²) in [5.74, 6) is -0.228. The van der Waals surface area contributed by atoms with Crippen LogP contribution >= 0.6 is 0 Å². The van der Waals surface area contributed by atoms with Crippen molar-refractivity contribution < 1.29 is 14.3 Å².